The number of piperazine rings is 1. The Kier molecular flexibility index (Phi) is 7.47. The molecule has 1 fully saturated rings. The van der Waals surface area contributed by atoms with E-state index >= 15 is 0 Å². The molecular formula is C20H30ClN3O2. The van der Waals surface area contributed by atoms with E-state index in [0.29, 0.717) is 29.6 Å². The number of rotatable bonds is 6. The summed E-state index contributed by atoms with van der Waals surface area (Å²) >= 11 is 6.11. The third kappa shape index (κ3) is 5.45. The molecular weight excluding hydrogens is 350 g/mol. The Hall–Kier alpha value is -1.59. The van der Waals surface area contributed by atoms with Gasteiger partial charge in [0.2, 0.25) is 5.91 Å². The molecule has 144 valence electrons. The molecule has 1 unspecified atom stereocenters. The van der Waals surface area contributed by atoms with Crippen LogP contribution in [0.5, 0.6) is 0 Å². The molecule has 1 aliphatic rings. The van der Waals surface area contributed by atoms with Gasteiger partial charge in [0, 0.05) is 32.7 Å². The van der Waals surface area contributed by atoms with Crippen LogP contribution in [0.3, 0.4) is 0 Å². The number of carbonyl (C=O) groups is 2. The second kappa shape index (κ2) is 9.38. The van der Waals surface area contributed by atoms with Crippen LogP contribution in [-0.2, 0) is 4.79 Å². The molecule has 0 aromatic heterocycles. The van der Waals surface area contributed by atoms with Crippen LogP contribution in [0.15, 0.2) is 24.3 Å². The summed E-state index contributed by atoms with van der Waals surface area (Å²) in [4.78, 5) is 29.8. The molecule has 1 aliphatic heterocycles. The zero-order chi connectivity index (χ0) is 19.3. The normalized spacial score (nSPS) is 16.8. The van der Waals surface area contributed by atoms with Crippen LogP contribution in [0.1, 0.15) is 38.1 Å². The van der Waals surface area contributed by atoms with E-state index in [0.717, 1.165) is 19.6 Å². The van der Waals surface area contributed by atoms with Crippen molar-refractivity contribution in [3.8, 4) is 0 Å². The Bertz CT molecular complexity index is 625. The van der Waals surface area contributed by atoms with E-state index in [4.69, 9.17) is 11.6 Å². The van der Waals surface area contributed by atoms with Crippen molar-refractivity contribution in [3.05, 3.63) is 34.9 Å². The standard InChI is InChI=1S/C20H30ClN3O2/c1-14(2)13-23-9-11-24(12-10-23)20(26)18(15(3)4)22-19(25)16-7-5-6-8-17(16)21/h5-8,14-15,18H,9-13H2,1-4H3,(H,22,25). The van der Waals surface area contributed by atoms with Gasteiger partial charge in [-0.05, 0) is 24.0 Å². The van der Waals surface area contributed by atoms with Crippen molar-refractivity contribution in [3.63, 3.8) is 0 Å². The Morgan fingerprint density at radius 2 is 1.69 bits per heavy atom. The monoisotopic (exact) mass is 379 g/mol. The van der Waals surface area contributed by atoms with Crippen molar-refractivity contribution in [2.24, 2.45) is 11.8 Å². The van der Waals surface area contributed by atoms with E-state index in [-0.39, 0.29) is 17.7 Å². The third-order valence-corrected chi connectivity index (χ3v) is 4.97. The van der Waals surface area contributed by atoms with Crippen LogP contribution < -0.4 is 5.32 Å². The van der Waals surface area contributed by atoms with E-state index in [1.807, 2.05) is 18.7 Å². The first-order valence-electron chi connectivity index (χ1n) is 9.36. The topological polar surface area (TPSA) is 52.6 Å². The lowest BCUT2D eigenvalue weighted by Crippen LogP contribution is -2.56. The molecule has 1 aromatic carbocycles. The Morgan fingerprint density at radius 1 is 1.08 bits per heavy atom. The first-order chi connectivity index (χ1) is 12.3. The first-order valence-corrected chi connectivity index (χ1v) is 9.74. The summed E-state index contributed by atoms with van der Waals surface area (Å²) in [5, 5.41) is 3.28. The van der Waals surface area contributed by atoms with Crippen LogP contribution in [0.25, 0.3) is 0 Å². The smallest absolute Gasteiger partial charge is 0.253 e. The number of hydrogen-bond acceptors (Lipinski definition) is 3. The van der Waals surface area contributed by atoms with E-state index in [1.165, 1.54) is 0 Å². The fraction of sp³-hybridized carbons (Fsp3) is 0.600. The van der Waals surface area contributed by atoms with Crippen LogP contribution in [0.2, 0.25) is 5.02 Å². The van der Waals surface area contributed by atoms with Crippen molar-refractivity contribution in [2.45, 2.75) is 33.7 Å². The number of halogens is 1. The predicted molar refractivity (Wildman–Crippen MR) is 105 cm³/mol. The third-order valence-electron chi connectivity index (χ3n) is 4.65. The maximum atomic E-state index is 13.0. The lowest BCUT2D eigenvalue weighted by atomic mass is 10.0. The molecule has 0 radical (unpaired) electrons. The molecule has 0 bridgehead atoms. The van der Waals surface area contributed by atoms with Crippen molar-refractivity contribution < 1.29 is 9.59 Å². The van der Waals surface area contributed by atoms with Crippen LogP contribution in [0.4, 0.5) is 0 Å². The average Bonchev–Trinajstić information content (AvgIpc) is 2.59. The summed E-state index contributed by atoms with van der Waals surface area (Å²) < 4.78 is 0. The van der Waals surface area contributed by atoms with Gasteiger partial charge in [0.05, 0.1) is 10.6 Å². The molecule has 2 amide bonds. The van der Waals surface area contributed by atoms with E-state index in [1.54, 1.807) is 24.3 Å². The van der Waals surface area contributed by atoms with Gasteiger partial charge in [-0.25, -0.2) is 0 Å². The van der Waals surface area contributed by atoms with Gasteiger partial charge in [0.25, 0.3) is 5.91 Å². The van der Waals surface area contributed by atoms with Crippen LogP contribution >= 0.6 is 11.6 Å². The van der Waals surface area contributed by atoms with Crippen molar-refractivity contribution >= 4 is 23.4 Å². The molecule has 0 aliphatic carbocycles. The second-order valence-electron chi connectivity index (χ2n) is 7.69. The number of amides is 2. The molecule has 6 heteroatoms. The van der Waals surface area contributed by atoms with Gasteiger partial charge >= 0.3 is 0 Å². The largest absolute Gasteiger partial charge is 0.340 e. The highest BCUT2D eigenvalue weighted by atomic mass is 35.5. The summed E-state index contributed by atoms with van der Waals surface area (Å²) in [6.07, 6.45) is 0. The minimum Gasteiger partial charge on any atom is -0.340 e. The van der Waals surface area contributed by atoms with Crippen LogP contribution in [0, 0.1) is 11.8 Å². The summed E-state index contributed by atoms with van der Waals surface area (Å²) in [7, 11) is 0. The fourth-order valence-corrected chi connectivity index (χ4v) is 3.46. The summed E-state index contributed by atoms with van der Waals surface area (Å²) in [5.74, 6) is 0.309. The van der Waals surface area contributed by atoms with Gasteiger partial charge in [-0.2, -0.15) is 0 Å². The highest BCUT2D eigenvalue weighted by molar-refractivity contribution is 6.33. The quantitative estimate of drug-likeness (QED) is 0.826. The molecule has 1 atom stereocenters. The Balaban J connectivity index is 2.00. The molecule has 1 N–H and O–H groups in total. The first kappa shape index (κ1) is 20.7. The SMILES string of the molecule is CC(C)CN1CCN(C(=O)C(NC(=O)c2ccccc2Cl)C(C)C)CC1. The predicted octanol–water partition coefficient (Wildman–Crippen LogP) is 2.89. The molecule has 1 heterocycles. The number of carbonyl (C=O) groups excluding carboxylic acids is 2. The number of nitrogens with one attached hydrogen (secondary N) is 1. The van der Waals surface area contributed by atoms with Gasteiger partial charge in [0.1, 0.15) is 6.04 Å². The fourth-order valence-electron chi connectivity index (χ4n) is 3.24. The zero-order valence-electron chi connectivity index (χ0n) is 16.2. The average molecular weight is 380 g/mol. The summed E-state index contributed by atoms with van der Waals surface area (Å²) in [6.45, 7) is 12.5. The van der Waals surface area contributed by atoms with Gasteiger partial charge in [-0.3, -0.25) is 14.5 Å². The van der Waals surface area contributed by atoms with E-state index < -0.39 is 6.04 Å². The van der Waals surface area contributed by atoms with Gasteiger partial charge in [-0.15, -0.1) is 0 Å². The van der Waals surface area contributed by atoms with Crippen LogP contribution in [-0.4, -0.2) is 60.4 Å². The minimum atomic E-state index is -0.546. The number of nitrogens with zero attached hydrogens (tertiary/aromatic N) is 2. The van der Waals surface area contributed by atoms with E-state index in [9.17, 15) is 9.59 Å². The van der Waals surface area contributed by atoms with Crippen molar-refractivity contribution in [2.75, 3.05) is 32.7 Å². The highest BCUT2D eigenvalue weighted by Gasteiger charge is 2.31. The molecule has 1 aromatic rings. The molecule has 0 saturated carbocycles. The van der Waals surface area contributed by atoms with Crippen molar-refractivity contribution in [1.29, 1.82) is 0 Å². The van der Waals surface area contributed by atoms with Gasteiger partial charge < -0.3 is 10.2 Å². The Morgan fingerprint density at radius 3 is 2.23 bits per heavy atom. The second-order valence-corrected chi connectivity index (χ2v) is 8.10. The molecule has 26 heavy (non-hydrogen) atoms. The lowest BCUT2D eigenvalue weighted by molar-refractivity contribution is -0.136. The zero-order valence-corrected chi connectivity index (χ0v) is 16.9. The highest BCUT2D eigenvalue weighted by Crippen LogP contribution is 2.16. The maximum Gasteiger partial charge on any atom is 0.253 e. The van der Waals surface area contributed by atoms with Crippen molar-refractivity contribution in [1.82, 2.24) is 15.1 Å². The van der Waals surface area contributed by atoms with Gasteiger partial charge in [0.15, 0.2) is 0 Å². The molecule has 5 nitrogen and oxygen atoms in total. The molecule has 2 rings (SSSR count). The lowest BCUT2D eigenvalue weighted by Gasteiger charge is -2.37. The number of hydrogen-bond donors (Lipinski definition) is 1. The molecule has 1 saturated heterocycles. The minimum absolute atomic E-state index is 0.00244. The number of benzene rings is 1. The van der Waals surface area contributed by atoms with Gasteiger partial charge in [-0.1, -0.05) is 51.4 Å². The Labute approximate surface area is 161 Å². The summed E-state index contributed by atoms with van der Waals surface area (Å²) in [6, 6.07) is 6.35. The summed E-state index contributed by atoms with van der Waals surface area (Å²) in [5.41, 5.74) is 0.398. The molecule has 0 spiro atoms. The maximum absolute atomic E-state index is 13.0. The van der Waals surface area contributed by atoms with E-state index in [2.05, 4.69) is 24.1 Å².